The minimum Gasteiger partial charge on any atom is -0.313 e. The highest BCUT2D eigenvalue weighted by Crippen LogP contribution is 2.43. The van der Waals surface area contributed by atoms with Crippen molar-refractivity contribution in [2.75, 3.05) is 19.6 Å². The predicted molar refractivity (Wildman–Crippen MR) is 83.5 cm³/mol. The lowest BCUT2D eigenvalue weighted by Gasteiger charge is -2.38. The minimum absolute atomic E-state index is 0.433. The fourth-order valence-electron chi connectivity index (χ4n) is 4.24. The first kappa shape index (κ1) is 15.3. The van der Waals surface area contributed by atoms with Gasteiger partial charge in [0.05, 0.1) is 0 Å². The van der Waals surface area contributed by atoms with Gasteiger partial charge in [-0.1, -0.05) is 20.8 Å². The molecule has 0 radical (unpaired) electrons. The summed E-state index contributed by atoms with van der Waals surface area (Å²) in [5.74, 6) is 0.846. The molecule has 2 rings (SSSR count). The largest absolute Gasteiger partial charge is 0.313 e. The summed E-state index contributed by atoms with van der Waals surface area (Å²) in [5.41, 5.74) is 0.908. The van der Waals surface area contributed by atoms with Crippen LogP contribution in [0, 0.1) is 11.3 Å². The molecule has 1 N–H and O–H groups in total. The molecule has 2 fully saturated rings. The highest BCUT2D eigenvalue weighted by Gasteiger charge is 2.43. The van der Waals surface area contributed by atoms with E-state index in [1.165, 1.54) is 51.7 Å². The zero-order chi connectivity index (χ0) is 14.1. The Labute approximate surface area is 120 Å². The van der Waals surface area contributed by atoms with E-state index in [0.717, 1.165) is 5.92 Å². The number of hydrogen-bond donors (Lipinski definition) is 1. The number of likely N-dealkylation sites (tertiary alicyclic amines) is 1. The molecule has 112 valence electrons. The molecule has 1 aliphatic heterocycles. The summed E-state index contributed by atoms with van der Waals surface area (Å²) in [7, 11) is 0. The van der Waals surface area contributed by atoms with Gasteiger partial charge in [-0.3, -0.25) is 4.90 Å². The van der Waals surface area contributed by atoms with Crippen molar-refractivity contribution in [2.45, 2.75) is 78.3 Å². The Hall–Kier alpha value is -0.0800. The van der Waals surface area contributed by atoms with Crippen LogP contribution in [0.4, 0.5) is 0 Å². The highest BCUT2D eigenvalue weighted by molar-refractivity contribution is 4.99. The molecule has 1 saturated heterocycles. The average Bonchev–Trinajstić information content (AvgIpc) is 2.78. The maximum Gasteiger partial charge on any atom is 0.0159 e. The molecule has 2 unspecified atom stereocenters. The van der Waals surface area contributed by atoms with Crippen LogP contribution in [0.25, 0.3) is 0 Å². The van der Waals surface area contributed by atoms with Crippen LogP contribution in [0.3, 0.4) is 0 Å². The van der Waals surface area contributed by atoms with Crippen molar-refractivity contribution in [1.29, 1.82) is 0 Å². The Bertz CT molecular complexity index is 296. The van der Waals surface area contributed by atoms with Gasteiger partial charge in [-0.15, -0.1) is 0 Å². The van der Waals surface area contributed by atoms with Gasteiger partial charge in [0.15, 0.2) is 0 Å². The Morgan fingerprint density at radius 1 is 1.16 bits per heavy atom. The molecule has 2 atom stereocenters. The molecular weight excluding hydrogens is 232 g/mol. The van der Waals surface area contributed by atoms with Crippen LogP contribution < -0.4 is 5.32 Å². The van der Waals surface area contributed by atoms with Crippen LogP contribution >= 0.6 is 0 Å². The summed E-state index contributed by atoms with van der Waals surface area (Å²) < 4.78 is 0. The third-order valence-electron chi connectivity index (χ3n) is 5.61. The maximum absolute atomic E-state index is 3.85. The van der Waals surface area contributed by atoms with Crippen molar-refractivity contribution < 1.29 is 0 Å². The molecule has 2 aliphatic rings. The van der Waals surface area contributed by atoms with Crippen LogP contribution in [-0.4, -0.2) is 36.1 Å². The fraction of sp³-hybridized carbons (Fsp3) is 1.00. The Morgan fingerprint density at radius 2 is 1.89 bits per heavy atom. The maximum atomic E-state index is 3.85. The molecule has 19 heavy (non-hydrogen) atoms. The zero-order valence-corrected chi connectivity index (χ0v) is 13.8. The molecule has 0 bridgehead atoms. The van der Waals surface area contributed by atoms with Crippen molar-refractivity contribution in [1.82, 2.24) is 10.2 Å². The summed E-state index contributed by atoms with van der Waals surface area (Å²) in [6, 6.07) is 0.712. The van der Waals surface area contributed by atoms with Crippen LogP contribution in [0.15, 0.2) is 0 Å². The molecule has 0 amide bonds. The van der Waals surface area contributed by atoms with Gasteiger partial charge in [0.1, 0.15) is 0 Å². The minimum atomic E-state index is 0.433. The van der Waals surface area contributed by atoms with E-state index in [-0.39, 0.29) is 0 Å². The van der Waals surface area contributed by atoms with Crippen LogP contribution in [0.2, 0.25) is 0 Å². The van der Waals surface area contributed by atoms with Gasteiger partial charge in [0, 0.05) is 18.1 Å². The van der Waals surface area contributed by atoms with Gasteiger partial charge in [-0.2, -0.15) is 0 Å². The van der Waals surface area contributed by atoms with E-state index < -0.39 is 0 Å². The topological polar surface area (TPSA) is 15.3 Å². The average molecular weight is 266 g/mol. The Kier molecular flexibility index (Phi) is 4.62. The lowest BCUT2D eigenvalue weighted by molar-refractivity contribution is 0.128. The van der Waals surface area contributed by atoms with Crippen LogP contribution in [0.5, 0.6) is 0 Å². The third kappa shape index (κ3) is 3.33. The third-order valence-corrected chi connectivity index (χ3v) is 5.61. The molecule has 0 aromatic heterocycles. The van der Waals surface area contributed by atoms with E-state index in [1.54, 1.807) is 0 Å². The monoisotopic (exact) mass is 266 g/mol. The number of nitrogens with one attached hydrogen (secondary N) is 1. The first-order valence-corrected chi connectivity index (χ1v) is 8.35. The van der Waals surface area contributed by atoms with Crippen molar-refractivity contribution in [3.63, 3.8) is 0 Å². The number of rotatable bonds is 5. The van der Waals surface area contributed by atoms with Crippen molar-refractivity contribution in [3.05, 3.63) is 0 Å². The molecule has 0 aromatic carbocycles. The molecule has 2 heteroatoms. The van der Waals surface area contributed by atoms with E-state index in [9.17, 15) is 0 Å². The highest BCUT2D eigenvalue weighted by atomic mass is 15.2. The SMILES string of the molecule is CCCNC1C(CN2CCCC2(C)C)CCC1(C)C. The lowest BCUT2D eigenvalue weighted by atomic mass is 9.84. The van der Waals surface area contributed by atoms with Gasteiger partial charge in [0.2, 0.25) is 0 Å². The lowest BCUT2D eigenvalue weighted by Crippen LogP contribution is -2.48. The summed E-state index contributed by atoms with van der Waals surface area (Å²) in [4.78, 5) is 2.75. The smallest absolute Gasteiger partial charge is 0.0159 e. The second-order valence-corrected chi connectivity index (χ2v) is 8.08. The van der Waals surface area contributed by atoms with Gasteiger partial charge in [-0.25, -0.2) is 0 Å². The van der Waals surface area contributed by atoms with Gasteiger partial charge >= 0.3 is 0 Å². The first-order valence-electron chi connectivity index (χ1n) is 8.35. The van der Waals surface area contributed by atoms with E-state index in [2.05, 4.69) is 44.8 Å². The molecule has 1 aliphatic carbocycles. The zero-order valence-electron chi connectivity index (χ0n) is 13.8. The summed E-state index contributed by atoms with van der Waals surface area (Å²) in [6.45, 7) is 15.8. The van der Waals surface area contributed by atoms with Gasteiger partial charge in [0.25, 0.3) is 0 Å². The van der Waals surface area contributed by atoms with E-state index in [1.807, 2.05) is 0 Å². The molecular formula is C17H34N2. The standard InChI is InChI=1S/C17H34N2/c1-6-11-18-15-14(8-10-16(15,2)3)13-19-12-7-9-17(19,4)5/h14-15,18H,6-13H2,1-5H3. The molecule has 1 saturated carbocycles. The van der Waals surface area contributed by atoms with Crippen molar-refractivity contribution in [3.8, 4) is 0 Å². The normalized spacial score (nSPS) is 33.9. The quantitative estimate of drug-likeness (QED) is 0.817. The Morgan fingerprint density at radius 3 is 2.47 bits per heavy atom. The first-order chi connectivity index (χ1) is 8.87. The van der Waals surface area contributed by atoms with Gasteiger partial charge in [-0.05, 0) is 70.4 Å². The van der Waals surface area contributed by atoms with Gasteiger partial charge < -0.3 is 5.32 Å². The second kappa shape index (κ2) is 5.73. The predicted octanol–water partition coefficient (Wildman–Crippen LogP) is 3.67. The molecule has 2 nitrogen and oxygen atoms in total. The van der Waals surface area contributed by atoms with E-state index in [0.29, 0.717) is 17.0 Å². The summed E-state index contributed by atoms with van der Waals surface area (Å²) in [6.07, 6.45) is 6.79. The van der Waals surface area contributed by atoms with E-state index in [4.69, 9.17) is 0 Å². The van der Waals surface area contributed by atoms with Crippen molar-refractivity contribution >= 4 is 0 Å². The van der Waals surface area contributed by atoms with Crippen molar-refractivity contribution in [2.24, 2.45) is 11.3 Å². The number of nitrogens with zero attached hydrogens (tertiary/aromatic N) is 1. The van der Waals surface area contributed by atoms with E-state index >= 15 is 0 Å². The summed E-state index contributed by atoms with van der Waals surface area (Å²) >= 11 is 0. The molecule has 0 aromatic rings. The molecule has 0 spiro atoms. The second-order valence-electron chi connectivity index (χ2n) is 8.08. The van der Waals surface area contributed by atoms with Crippen LogP contribution in [-0.2, 0) is 0 Å². The molecule has 1 heterocycles. The summed E-state index contributed by atoms with van der Waals surface area (Å²) in [5, 5.41) is 3.85. The van der Waals surface area contributed by atoms with Crippen LogP contribution in [0.1, 0.15) is 66.7 Å². The fourth-order valence-corrected chi connectivity index (χ4v) is 4.24. The Balaban J connectivity index is 1.98. The number of hydrogen-bond acceptors (Lipinski definition) is 2.